The summed E-state index contributed by atoms with van der Waals surface area (Å²) < 4.78 is 47.6. The summed E-state index contributed by atoms with van der Waals surface area (Å²) in [5.41, 5.74) is 1.59. The monoisotopic (exact) mass is 837 g/mol. The quantitative estimate of drug-likeness (QED) is 0.0926. The van der Waals surface area contributed by atoms with Crippen molar-refractivity contribution in [3.8, 4) is 11.8 Å². The summed E-state index contributed by atoms with van der Waals surface area (Å²) in [6, 6.07) is 5.80. The Morgan fingerprint density at radius 2 is 1.95 bits per heavy atom. The maximum Gasteiger partial charge on any atom is 0.284 e. The van der Waals surface area contributed by atoms with E-state index in [1.165, 1.54) is 6.20 Å². The molecule has 9 rings (SSSR count). The minimum absolute atomic E-state index is 0.0636. The van der Waals surface area contributed by atoms with E-state index in [1.54, 1.807) is 17.1 Å². The molecular weight excluding hydrogens is 789 g/mol. The number of aromatic nitrogens is 2. The fraction of sp³-hybridized carbons (Fsp3) is 0.500. The summed E-state index contributed by atoms with van der Waals surface area (Å²) in [7, 11) is 0. The molecule has 15 nitrogen and oxygen atoms in total. The Hall–Kier alpha value is -5.70. The number of hydrogen-bond donors (Lipinski definition) is 4. The predicted octanol–water partition coefficient (Wildman–Crippen LogP) is 5.14. The molecule has 1 aliphatic carbocycles. The number of morpholine rings is 1. The molecule has 61 heavy (non-hydrogen) atoms. The van der Waals surface area contributed by atoms with Crippen LogP contribution < -0.4 is 16.0 Å². The number of ether oxygens (including phenoxy) is 2. The Bertz CT molecular complexity index is 2340. The van der Waals surface area contributed by atoms with Crippen LogP contribution in [0.2, 0.25) is 0 Å². The van der Waals surface area contributed by atoms with E-state index in [1.807, 2.05) is 24.3 Å². The summed E-state index contributed by atoms with van der Waals surface area (Å²) >= 11 is 0. The van der Waals surface area contributed by atoms with Gasteiger partial charge in [0.05, 0.1) is 54.3 Å². The molecule has 3 atom stereocenters. The maximum absolute atomic E-state index is 14.2. The number of alkyl halides is 2. The van der Waals surface area contributed by atoms with E-state index < -0.39 is 23.9 Å². The Labute approximate surface area is 351 Å². The Morgan fingerprint density at radius 1 is 1.11 bits per heavy atom. The third-order valence-corrected chi connectivity index (χ3v) is 12.8. The number of nitrogens with zero attached hydrogens (tertiary/aromatic N) is 5. The van der Waals surface area contributed by atoms with Gasteiger partial charge >= 0.3 is 0 Å². The van der Waals surface area contributed by atoms with Crippen molar-refractivity contribution in [3.05, 3.63) is 71.1 Å². The molecule has 4 N–H and O–H groups in total. The first-order valence-corrected chi connectivity index (χ1v) is 21.2. The molecule has 2 bridgehead atoms. The molecular formula is C44H49F2N9O6. The highest BCUT2D eigenvalue weighted by molar-refractivity contribution is 6.18. The van der Waals surface area contributed by atoms with E-state index in [-0.39, 0.29) is 53.2 Å². The van der Waals surface area contributed by atoms with E-state index in [0.717, 1.165) is 87.3 Å². The van der Waals surface area contributed by atoms with E-state index >= 15 is 0 Å². The average Bonchev–Trinajstić information content (AvgIpc) is 4.09. The number of hydrogen-bond acceptors (Lipinski definition) is 12. The van der Waals surface area contributed by atoms with Crippen LogP contribution in [0.4, 0.5) is 14.5 Å². The summed E-state index contributed by atoms with van der Waals surface area (Å²) in [4.78, 5) is 46.7. The lowest BCUT2D eigenvalue weighted by Gasteiger charge is -2.36. The number of amidine groups is 1. The van der Waals surface area contributed by atoms with Crippen LogP contribution in [0.1, 0.15) is 93.0 Å². The van der Waals surface area contributed by atoms with Gasteiger partial charge in [0.15, 0.2) is 5.69 Å². The van der Waals surface area contributed by atoms with Gasteiger partial charge in [-0.05, 0) is 81.6 Å². The second-order valence-corrected chi connectivity index (χ2v) is 16.7. The molecule has 17 heteroatoms. The third kappa shape index (κ3) is 8.88. The van der Waals surface area contributed by atoms with Gasteiger partial charge in [0.25, 0.3) is 12.3 Å². The molecule has 6 aliphatic rings. The molecule has 1 aromatic carbocycles. The summed E-state index contributed by atoms with van der Waals surface area (Å²) in [5, 5.41) is 21.0. The zero-order valence-corrected chi connectivity index (χ0v) is 33.7. The zero-order valence-electron chi connectivity index (χ0n) is 33.7. The van der Waals surface area contributed by atoms with Gasteiger partial charge < -0.3 is 39.7 Å². The number of fused-ring (bicyclic) bond motifs is 3. The number of likely N-dealkylation sites (tertiary alicyclic amines) is 2. The first kappa shape index (κ1) is 40.7. The van der Waals surface area contributed by atoms with Gasteiger partial charge in [-0.2, -0.15) is 5.10 Å². The van der Waals surface area contributed by atoms with Crippen molar-refractivity contribution in [1.29, 1.82) is 5.41 Å². The number of amides is 3. The highest BCUT2D eigenvalue weighted by Crippen LogP contribution is 2.37. The lowest BCUT2D eigenvalue weighted by Crippen LogP contribution is -2.42. The standard InChI is InChI=1S/C44H49F2N9O6/c45-41(46)40-36(49-44(58)34(20-47)42-48-14-11-38(50-42)54-22-31-19-29(54)24-60-31)23-55(52-40)28-6-3-27(4-7-28)21-53-15-12-30(13-16-53)59-17-1-2-26-5-9-37-33(18-26)35(25-61-37)32-8-10-39(56)51-43(32)57/h5,9,11,14,18,20,23,25,27-32,41,47-48H,3-4,6-8,10,12-13,15-17,19,21-22,24H2,(H,49,58)(H,51,56,57)/b42-34-,47-20?/t27?,28?,29-,31-,32+/m1/s1. The van der Waals surface area contributed by atoms with Gasteiger partial charge in [0, 0.05) is 67.7 Å². The van der Waals surface area contributed by atoms with E-state index in [0.29, 0.717) is 49.9 Å². The van der Waals surface area contributed by atoms with E-state index in [2.05, 4.69) is 47.7 Å². The van der Waals surface area contributed by atoms with Gasteiger partial charge in [0.1, 0.15) is 23.8 Å². The molecule has 1 saturated carbocycles. The number of piperidine rings is 2. The molecule has 0 spiro atoms. The van der Waals surface area contributed by atoms with Crippen LogP contribution in [0.25, 0.3) is 11.0 Å². The Balaban J connectivity index is 0.732. The van der Waals surface area contributed by atoms with Gasteiger partial charge in [-0.1, -0.05) is 11.8 Å². The number of nitrogens with one attached hydrogen (secondary N) is 4. The van der Waals surface area contributed by atoms with Crippen LogP contribution in [-0.4, -0.2) is 107 Å². The number of rotatable bonds is 10. The van der Waals surface area contributed by atoms with Crippen molar-refractivity contribution >= 4 is 46.4 Å². The average molecular weight is 838 g/mol. The van der Waals surface area contributed by atoms with Crippen LogP contribution in [0.3, 0.4) is 0 Å². The lowest BCUT2D eigenvalue weighted by molar-refractivity contribution is -0.134. The van der Waals surface area contributed by atoms with Gasteiger partial charge in [-0.15, -0.1) is 0 Å². The van der Waals surface area contributed by atoms with Crippen LogP contribution in [0.5, 0.6) is 0 Å². The highest BCUT2D eigenvalue weighted by atomic mass is 19.3. The minimum atomic E-state index is -2.89. The van der Waals surface area contributed by atoms with Crippen molar-refractivity contribution in [2.24, 2.45) is 10.9 Å². The number of furan rings is 1. The van der Waals surface area contributed by atoms with Crippen molar-refractivity contribution in [3.63, 3.8) is 0 Å². The normalized spacial score (nSPS) is 26.5. The van der Waals surface area contributed by atoms with Crippen molar-refractivity contribution in [2.45, 2.75) is 94.4 Å². The van der Waals surface area contributed by atoms with Crippen molar-refractivity contribution < 1.29 is 37.1 Å². The Kier molecular flexibility index (Phi) is 11.8. The molecule has 3 amide bonds. The summed E-state index contributed by atoms with van der Waals surface area (Å²) in [5.74, 6) is 5.93. The molecule has 320 valence electrons. The molecule has 0 radical (unpaired) electrons. The van der Waals surface area contributed by atoms with Crippen LogP contribution in [-0.2, 0) is 23.9 Å². The second kappa shape index (κ2) is 17.7. The van der Waals surface area contributed by atoms with Gasteiger partial charge in [-0.3, -0.25) is 24.4 Å². The van der Waals surface area contributed by atoms with Crippen LogP contribution >= 0.6 is 0 Å². The summed E-state index contributed by atoms with van der Waals surface area (Å²) in [6.07, 6.45) is 11.8. The molecule has 7 heterocycles. The van der Waals surface area contributed by atoms with Crippen LogP contribution in [0, 0.1) is 23.2 Å². The molecule has 4 saturated heterocycles. The van der Waals surface area contributed by atoms with Crippen LogP contribution in [0.15, 0.2) is 63.7 Å². The SMILES string of the molecule is N=C/C(C(=O)Nc1cn(C2CCC(CN3CCC(OCC#Cc4ccc5occ([C@@H]6CCC(=O)NC6=O)c5c4)CC3)CC2)nc1C(F)F)=C1/N=C(N2C[C@H]3C[C@@H]2CO3)C=CN1. The molecule has 0 unspecified atom stereocenters. The molecule has 5 aliphatic heterocycles. The molecule has 3 aromatic rings. The fourth-order valence-electron chi connectivity index (χ4n) is 9.54. The Morgan fingerprint density at radius 3 is 2.69 bits per heavy atom. The van der Waals surface area contributed by atoms with Crippen molar-refractivity contribution in [2.75, 3.05) is 44.7 Å². The number of halogens is 2. The fourth-order valence-corrected chi connectivity index (χ4v) is 9.54. The second-order valence-electron chi connectivity index (χ2n) is 16.7. The topological polar surface area (TPSA) is 179 Å². The number of imide groups is 1. The van der Waals surface area contributed by atoms with Gasteiger partial charge in [0.2, 0.25) is 11.8 Å². The minimum Gasteiger partial charge on any atom is -0.464 e. The van der Waals surface area contributed by atoms with Gasteiger partial charge in [-0.25, -0.2) is 13.8 Å². The highest BCUT2D eigenvalue weighted by Gasteiger charge is 2.40. The lowest BCUT2D eigenvalue weighted by atomic mass is 9.85. The number of carbonyl (C=O) groups is 3. The summed E-state index contributed by atoms with van der Waals surface area (Å²) in [6.45, 7) is 4.46. The van der Waals surface area contributed by atoms with E-state index in [4.69, 9.17) is 19.3 Å². The number of aliphatic imine (C=N–C) groups is 1. The van der Waals surface area contributed by atoms with E-state index in [9.17, 15) is 23.2 Å². The number of benzene rings is 1. The molecule has 5 fully saturated rings. The predicted molar refractivity (Wildman–Crippen MR) is 221 cm³/mol. The maximum atomic E-state index is 14.2. The molecule has 2 aromatic heterocycles. The third-order valence-electron chi connectivity index (χ3n) is 12.8. The smallest absolute Gasteiger partial charge is 0.284 e. The number of carbonyl (C=O) groups excluding carboxylic acids is 3. The first-order valence-electron chi connectivity index (χ1n) is 21.2. The number of anilines is 1. The zero-order chi connectivity index (χ0) is 42.0. The largest absolute Gasteiger partial charge is 0.464 e. The van der Waals surface area contributed by atoms with Crippen molar-refractivity contribution in [1.82, 2.24) is 30.2 Å². The first-order chi connectivity index (χ1) is 29.7.